The first-order valence-corrected chi connectivity index (χ1v) is 7.63. The number of ether oxygens (including phenoxy) is 1. The van der Waals surface area contributed by atoms with E-state index in [-0.39, 0.29) is 23.8 Å². The summed E-state index contributed by atoms with van der Waals surface area (Å²) >= 11 is 3.26. The van der Waals surface area contributed by atoms with Crippen molar-refractivity contribution in [1.82, 2.24) is 0 Å². The Bertz CT molecular complexity index is 807. The minimum Gasteiger partial charge on any atom is -0.457 e. The van der Waals surface area contributed by atoms with Gasteiger partial charge in [-0.15, -0.1) is 0 Å². The Kier molecular flexibility index (Phi) is 5.64. The minimum absolute atomic E-state index is 0.0788. The normalized spacial score (nSPS) is 10.1. The van der Waals surface area contributed by atoms with E-state index in [1.807, 2.05) is 0 Å². The van der Waals surface area contributed by atoms with Gasteiger partial charge in [0.05, 0.1) is 16.2 Å². The lowest BCUT2D eigenvalue weighted by atomic mass is 10.1. The highest BCUT2D eigenvalue weighted by molar-refractivity contribution is 9.10. The lowest BCUT2D eigenvalue weighted by Gasteiger charge is -2.10. The van der Waals surface area contributed by atoms with Crippen LogP contribution in [0.15, 0.2) is 46.9 Å². The lowest BCUT2D eigenvalue weighted by molar-refractivity contribution is -0.384. The number of nitrogens with one attached hydrogen (secondary N) is 1. The number of carbonyl (C=O) groups excluding carboxylic acids is 2. The van der Waals surface area contributed by atoms with Crippen molar-refractivity contribution in [3.63, 3.8) is 0 Å². The van der Waals surface area contributed by atoms with Crippen molar-refractivity contribution in [2.45, 2.75) is 13.5 Å². The molecule has 0 aromatic heterocycles. The van der Waals surface area contributed by atoms with Crippen molar-refractivity contribution in [3.8, 4) is 0 Å². The molecule has 0 radical (unpaired) electrons. The largest absolute Gasteiger partial charge is 0.457 e. The van der Waals surface area contributed by atoms with Crippen molar-refractivity contribution in [2.24, 2.45) is 0 Å². The van der Waals surface area contributed by atoms with Crippen LogP contribution in [0.4, 0.5) is 11.4 Å². The summed E-state index contributed by atoms with van der Waals surface area (Å²) in [6.45, 7) is 1.22. The molecule has 1 amide bonds. The van der Waals surface area contributed by atoms with Gasteiger partial charge in [-0.1, -0.05) is 28.1 Å². The van der Waals surface area contributed by atoms with Gasteiger partial charge in [0.2, 0.25) is 5.91 Å². The first-order chi connectivity index (χ1) is 11.4. The summed E-state index contributed by atoms with van der Waals surface area (Å²) in [5.41, 5.74) is 0.929. The van der Waals surface area contributed by atoms with E-state index in [1.165, 1.54) is 31.2 Å². The molecule has 2 rings (SSSR count). The van der Waals surface area contributed by atoms with E-state index < -0.39 is 10.9 Å². The number of anilines is 1. The maximum Gasteiger partial charge on any atom is 0.340 e. The lowest BCUT2D eigenvalue weighted by Crippen LogP contribution is -2.13. The number of amides is 1. The van der Waals surface area contributed by atoms with E-state index in [4.69, 9.17) is 4.74 Å². The zero-order valence-corrected chi connectivity index (χ0v) is 14.2. The molecule has 0 unspecified atom stereocenters. The summed E-state index contributed by atoms with van der Waals surface area (Å²) in [7, 11) is 0. The van der Waals surface area contributed by atoms with Crippen LogP contribution in [-0.2, 0) is 16.1 Å². The van der Waals surface area contributed by atoms with Crippen LogP contribution in [0.25, 0.3) is 0 Å². The number of carbonyl (C=O) groups is 2. The number of nitrogens with zero attached hydrogens (tertiary/aromatic N) is 1. The topological polar surface area (TPSA) is 98.5 Å². The summed E-state index contributed by atoms with van der Waals surface area (Å²) < 4.78 is 5.84. The van der Waals surface area contributed by atoms with E-state index in [9.17, 15) is 19.7 Å². The molecule has 0 bridgehead atoms. The van der Waals surface area contributed by atoms with Crippen molar-refractivity contribution in [2.75, 3.05) is 5.32 Å². The molecule has 0 saturated heterocycles. The van der Waals surface area contributed by atoms with Gasteiger partial charge in [0.15, 0.2) is 0 Å². The second-order valence-electron chi connectivity index (χ2n) is 4.87. The Hall–Kier alpha value is -2.74. The molecule has 1 N–H and O–H groups in total. The minimum atomic E-state index is -0.647. The maximum atomic E-state index is 12.3. The van der Waals surface area contributed by atoms with E-state index in [0.717, 1.165) is 0 Å². The average molecular weight is 393 g/mol. The van der Waals surface area contributed by atoms with Crippen molar-refractivity contribution in [1.29, 1.82) is 0 Å². The first kappa shape index (κ1) is 17.6. The zero-order chi connectivity index (χ0) is 17.7. The summed E-state index contributed by atoms with van der Waals surface area (Å²) in [6, 6.07) is 10.6. The highest BCUT2D eigenvalue weighted by Gasteiger charge is 2.15. The quantitative estimate of drug-likeness (QED) is 0.475. The van der Waals surface area contributed by atoms with Gasteiger partial charge < -0.3 is 10.1 Å². The fourth-order valence-corrected chi connectivity index (χ4v) is 2.33. The van der Waals surface area contributed by atoms with Gasteiger partial charge >= 0.3 is 5.97 Å². The van der Waals surface area contributed by atoms with E-state index in [1.54, 1.807) is 18.2 Å². The number of benzene rings is 2. The Morgan fingerprint density at radius 2 is 2.00 bits per heavy atom. The molecule has 2 aromatic rings. The molecule has 7 nitrogen and oxygen atoms in total. The number of esters is 1. The Morgan fingerprint density at radius 1 is 1.25 bits per heavy atom. The number of rotatable bonds is 5. The van der Waals surface area contributed by atoms with Gasteiger partial charge in [-0.25, -0.2) is 4.79 Å². The monoisotopic (exact) mass is 392 g/mol. The number of halogens is 1. The molecule has 2 aromatic carbocycles. The molecule has 0 aliphatic rings. The van der Waals surface area contributed by atoms with Crippen LogP contribution in [0, 0.1) is 10.1 Å². The summed E-state index contributed by atoms with van der Waals surface area (Å²) in [6.07, 6.45) is 0. The molecule has 0 fully saturated rings. The predicted octanol–water partition coefficient (Wildman–Crippen LogP) is 3.67. The van der Waals surface area contributed by atoms with E-state index in [2.05, 4.69) is 21.2 Å². The van der Waals surface area contributed by atoms with Crippen LogP contribution >= 0.6 is 15.9 Å². The molecule has 124 valence electrons. The van der Waals surface area contributed by atoms with Gasteiger partial charge in [-0.3, -0.25) is 14.9 Å². The van der Waals surface area contributed by atoms with Crippen LogP contribution in [0.3, 0.4) is 0 Å². The van der Waals surface area contributed by atoms with Gasteiger partial charge in [-0.05, 0) is 23.8 Å². The Labute approximate surface area is 145 Å². The second kappa shape index (κ2) is 7.69. The Balaban J connectivity index is 2.15. The highest BCUT2D eigenvalue weighted by atomic mass is 79.9. The van der Waals surface area contributed by atoms with Gasteiger partial charge in [0, 0.05) is 23.5 Å². The maximum absolute atomic E-state index is 12.3. The predicted molar refractivity (Wildman–Crippen MR) is 90.7 cm³/mol. The fraction of sp³-hybridized carbons (Fsp3) is 0.125. The number of nitro benzene ring substituents is 1. The molecule has 0 spiro atoms. The van der Waals surface area contributed by atoms with Crippen LogP contribution in [0.2, 0.25) is 0 Å². The first-order valence-electron chi connectivity index (χ1n) is 6.84. The van der Waals surface area contributed by atoms with Crippen molar-refractivity contribution in [3.05, 3.63) is 68.2 Å². The molecule has 24 heavy (non-hydrogen) atoms. The van der Waals surface area contributed by atoms with Gasteiger partial charge in [-0.2, -0.15) is 0 Å². The summed E-state index contributed by atoms with van der Waals surface area (Å²) in [5, 5.41) is 13.3. The van der Waals surface area contributed by atoms with Crippen molar-refractivity contribution >= 4 is 39.2 Å². The highest BCUT2D eigenvalue weighted by Crippen LogP contribution is 2.23. The van der Waals surface area contributed by atoms with Crippen LogP contribution in [-0.4, -0.2) is 16.8 Å². The van der Waals surface area contributed by atoms with Crippen LogP contribution < -0.4 is 5.32 Å². The number of nitro groups is 1. The SMILES string of the molecule is CC(=O)Nc1ccc(Br)cc1C(=O)OCc1cccc([N+](=O)[O-])c1. The second-order valence-corrected chi connectivity index (χ2v) is 5.79. The van der Waals surface area contributed by atoms with Gasteiger partial charge in [0.1, 0.15) is 6.61 Å². The smallest absolute Gasteiger partial charge is 0.340 e. The molecule has 0 aliphatic carbocycles. The molecular formula is C16H13BrN2O5. The third kappa shape index (κ3) is 4.63. The average Bonchev–Trinajstić information content (AvgIpc) is 2.54. The third-order valence-corrected chi connectivity index (χ3v) is 3.50. The molecule has 8 heteroatoms. The fourth-order valence-electron chi connectivity index (χ4n) is 1.97. The number of non-ortho nitro benzene ring substituents is 1. The molecule has 0 heterocycles. The van der Waals surface area contributed by atoms with E-state index >= 15 is 0 Å². The number of hydrogen-bond donors (Lipinski definition) is 1. The Morgan fingerprint density at radius 3 is 2.67 bits per heavy atom. The third-order valence-electron chi connectivity index (χ3n) is 3.00. The summed E-state index contributed by atoms with van der Waals surface area (Å²) in [4.78, 5) is 33.7. The van der Waals surface area contributed by atoms with Crippen molar-refractivity contribution < 1.29 is 19.2 Å². The number of hydrogen-bond acceptors (Lipinski definition) is 5. The molecule has 0 aliphatic heterocycles. The summed E-state index contributed by atoms with van der Waals surface area (Å²) in [5.74, 6) is -0.961. The molecule has 0 saturated carbocycles. The van der Waals surface area contributed by atoms with E-state index in [0.29, 0.717) is 15.7 Å². The van der Waals surface area contributed by atoms with Crippen LogP contribution in [0.1, 0.15) is 22.8 Å². The standard InChI is InChI=1S/C16H13BrN2O5/c1-10(20)18-15-6-5-12(17)8-14(15)16(21)24-9-11-3-2-4-13(7-11)19(22)23/h2-8H,9H2,1H3,(H,18,20). The molecular weight excluding hydrogens is 380 g/mol. The van der Waals surface area contributed by atoms with Crippen LogP contribution in [0.5, 0.6) is 0 Å². The molecule has 0 atom stereocenters. The van der Waals surface area contributed by atoms with Gasteiger partial charge in [0.25, 0.3) is 5.69 Å². The zero-order valence-electron chi connectivity index (χ0n) is 12.6.